The van der Waals surface area contributed by atoms with Gasteiger partial charge in [-0.1, -0.05) is 12.1 Å². The molecule has 0 radical (unpaired) electrons. The molecule has 5 nitrogen and oxygen atoms in total. The number of epoxide rings is 2. The van der Waals surface area contributed by atoms with Gasteiger partial charge in [-0.3, -0.25) is 0 Å². The molecule has 3 heterocycles. The Morgan fingerprint density at radius 1 is 0.917 bits per heavy atom. The quantitative estimate of drug-likeness (QED) is 0.788. The number of hydrogen-bond donors (Lipinski definition) is 2. The highest BCUT2D eigenvalue weighted by Crippen LogP contribution is 2.55. The van der Waals surface area contributed by atoms with E-state index < -0.39 is 0 Å². The third kappa shape index (κ3) is 2.13. The summed E-state index contributed by atoms with van der Waals surface area (Å²) in [5.74, 6) is 0.518. The van der Waals surface area contributed by atoms with Crippen LogP contribution < -0.4 is 0 Å². The first-order valence-electron chi connectivity index (χ1n) is 8.18. The van der Waals surface area contributed by atoms with Gasteiger partial charge in [-0.2, -0.15) is 0 Å². The number of fused-ring (bicyclic) bond motifs is 5. The van der Waals surface area contributed by atoms with Gasteiger partial charge in [0, 0.05) is 11.1 Å². The van der Waals surface area contributed by atoms with E-state index in [-0.39, 0.29) is 35.9 Å². The van der Waals surface area contributed by atoms with Gasteiger partial charge in [-0.15, -0.1) is 0 Å². The fourth-order valence-electron chi connectivity index (χ4n) is 3.67. The molecule has 2 N–H and O–H groups in total. The number of phenols is 2. The number of aromatic hydroxyl groups is 2. The molecular weight excluding hydrogens is 308 g/mol. The lowest BCUT2D eigenvalue weighted by Crippen LogP contribution is -2.06. The van der Waals surface area contributed by atoms with Crippen molar-refractivity contribution in [2.75, 3.05) is 13.2 Å². The van der Waals surface area contributed by atoms with Crippen molar-refractivity contribution in [2.24, 2.45) is 0 Å². The number of benzene rings is 2. The zero-order chi connectivity index (χ0) is 16.4. The van der Waals surface area contributed by atoms with Gasteiger partial charge in [0.2, 0.25) is 0 Å². The Morgan fingerprint density at radius 2 is 1.54 bits per heavy atom. The van der Waals surface area contributed by atoms with Crippen LogP contribution in [0.25, 0.3) is 11.1 Å². The minimum Gasteiger partial charge on any atom is -0.508 e. The van der Waals surface area contributed by atoms with Crippen LogP contribution in [0.4, 0.5) is 0 Å². The number of phenolic OH excluding ortho intramolecular Hbond substituents is 2. The zero-order valence-corrected chi connectivity index (χ0v) is 13.2. The van der Waals surface area contributed by atoms with Gasteiger partial charge in [-0.05, 0) is 41.8 Å². The molecule has 24 heavy (non-hydrogen) atoms. The molecule has 0 aliphatic carbocycles. The molecule has 0 bridgehead atoms. The molecule has 2 aromatic carbocycles. The van der Waals surface area contributed by atoms with E-state index in [9.17, 15) is 10.2 Å². The summed E-state index contributed by atoms with van der Waals surface area (Å²) in [5.41, 5.74) is 4.64. The van der Waals surface area contributed by atoms with Crippen LogP contribution >= 0.6 is 0 Å². The normalized spacial score (nSPS) is 30.2. The predicted molar refractivity (Wildman–Crippen MR) is 86.0 cm³/mol. The molecule has 3 aliphatic heterocycles. The molecule has 4 atom stereocenters. The van der Waals surface area contributed by atoms with Crippen LogP contribution in [0.3, 0.4) is 0 Å². The fraction of sp³-hybridized carbons (Fsp3) is 0.368. The first-order valence-corrected chi connectivity index (χ1v) is 8.18. The molecule has 0 spiro atoms. The average molecular weight is 326 g/mol. The second-order valence-electron chi connectivity index (χ2n) is 6.69. The highest BCUT2D eigenvalue weighted by atomic mass is 16.6. The summed E-state index contributed by atoms with van der Waals surface area (Å²) in [6, 6.07) is 9.09. The van der Waals surface area contributed by atoms with Gasteiger partial charge in [0.15, 0.2) is 0 Å². The van der Waals surface area contributed by atoms with Crippen LogP contribution in [0.1, 0.15) is 28.9 Å². The van der Waals surface area contributed by atoms with E-state index in [4.69, 9.17) is 14.2 Å². The van der Waals surface area contributed by atoms with Crippen molar-refractivity contribution < 1.29 is 24.4 Å². The van der Waals surface area contributed by atoms with Gasteiger partial charge >= 0.3 is 0 Å². The van der Waals surface area contributed by atoms with E-state index in [1.807, 2.05) is 25.1 Å². The van der Waals surface area contributed by atoms with E-state index in [0.717, 1.165) is 27.8 Å². The molecule has 2 aromatic rings. The van der Waals surface area contributed by atoms with Gasteiger partial charge < -0.3 is 24.4 Å². The summed E-state index contributed by atoms with van der Waals surface area (Å²) in [5, 5.41) is 20.3. The standard InChI is InChI=1S/C19H18O5/c1-9-6-12(10-2-4-11(20)5-3-10)15-16(17(9)21)19-14(24-19)8-22-7-13-18(15)23-13/h2-6,13-14,18-21H,7-8H2,1H3. The first kappa shape index (κ1) is 14.3. The molecule has 2 saturated heterocycles. The third-order valence-electron chi connectivity index (χ3n) is 5.05. The lowest BCUT2D eigenvalue weighted by atomic mass is 9.87. The Morgan fingerprint density at radius 3 is 2.21 bits per heavy atom. The summed E-state index contributed by atoms with van der Waals surface area (Å²) in [6.45, 7) is 2.96. The minimum atomic E-state index is -0.140. The van der Waals surface area contributed by atoms with E-state index >= 15 is 0 Å². The van der Waals surface area contributed by atoms with Crippen molar-refractivity contribution in [3.8, 4) is 22.6 Å². The Hall–Kier alpha value is -2.08. The molecule has 0 aromatic heterocycles. The number of rotatable bonds is 1. The number of ether oxygens (including phenoxy) is 3. The monoisotopic (exact) mass is 326 g/mol. The summed E-state index contributed by atoms with van der Waals surface area (Å²) >= 11 is 0. The maximum atomic E-state index is 10.7. The van der Waals surface area contributed by atoms with Crippen LogP contribution in [-0.2, 0) is 14.2 Å². The molecule has 124 valence electrons. The van der Waals surface area contributed by atoms with Gasteiger partial charge in [0.25, 0.3) is 0 Å². The highest BCUT2D eigenvalue weighted by molar-refractivity contribution is 5.74. The Labute approximate surface area is 139 Å². The second-order valence-corrected chi connectivity index (χ2v) is 6.69. The summed E-state index contributed by atoms with van der Waals surface area (Å²) < 4.78 is 17.2. The maximum Gasteiger partial charge on any atom is 0.124 e. The van der Waals surface area contributed by atoms with E-state index in [0.29, 0.717) is 13.2 Å². The van der Waals surface area contributed by atoms with Crippen LogP contribution in [0, 0.1) is 6.92 Å². The Balaban J connectivity index is 1.74. The van der Waals surface area contributed by atoms with Crippen molar-refractivity contribution >= 4 is 0 Å². The van der Waals surface area contributed by atoms with E-state index in [2.05, 4.69) is 0 Å². The number of aryl methyl sites for hydroxylation is 1. The van der Waals surface area contributed by atoms with Crippen LogP contribution in [-0.4, -0.2) is 35.6 Å². The van der Waals surface area contributed by atoms with Gasteiger partial charge in [0.1, 0.15) is 35.9 Å². The molecule has 0 saturated carbocycles. The smallest absolute Gasteiger partial charge is 0.124 e. The van der Waals surface area contributed by atoms with Crippen LogP contribution in [0.15, 0.2) is 30.3 Å². The SMILES string of the molecule is Cc1cc(-c2ccc(O)cc2)c2c(c1O)C1OC1COCC1OC21. The lowest BCUT2D eigenvalue weighted by molar-refractivity contribution is 0.102. The van der Waals surface area contributed by atoms with Crippen molar-refractivity contribution in [3.63, 3.8) is 0 Å². The highest BCUT2D eigenvalue weighted by Gasteiger charge is 2.52. The molecular formula is C19H18O5. The predicted octanol–water partition coefficient (Wildman–Crippen LogP) is 2.98. The third-order valence-corrected chi connectivity index (χ3v) is 5.05. The molecule has 5 rings (SSSR count). The number of hydrogen-bond acceptors (Lipinski definition) is 5. The van der Waals surface area contributed by atoms with Crippen LogP contribution in [0.2, 0.25) is 0 Å². The molecule has 0 amide bonds. The molecule has 5 heteroatoms. The van der Waals surface area contributed by atoms with Crippen LogP contribution in [0.5, 0.6) is 11.5 Å². The lowest BCUT2D eigenvalue weighted by Gasteiger charge is -2.17. The maximum absolute atomic E-state index is 10.7. The molecule has 2 fully saturated rings. The summed E-state index contributed by atoms with van der Waals surface area (Å²) in [7, 11) is 0. The fourth-order valence-corrected chi connectivity index (χ4v) is 3.67. The average Bonchev–Trinajstić information content (AvgIpc) is 3.48. The van der Waals surface area contributed by atoms with Crippen molar-refractivity contribution in [2.45, 2.75) is 31.3 Å². The minimum absolute atomic E-state index is 0.00150. The van der Waals surface area contributed by atoms with E-state index in [1.165, 1.54) is 0 Å². The van der Waals surface area contributed by atoms with E-state index in [1.54, 1.807) is 12.1 Å². The van der Waals surface area contributed by atoms with Crippen molar-refractivity contribution in [1.29, 1.82) is 0 Å². The van der Waals surface area contributed by atoms with Crippen molar-refractivity contribution in [3.05, 3.63) is 47.0 Å². The molecule has 3 aliphatic rings. The van der Waals surface area contributed by atoms with Gasteiger partial charge in [-0.25, -0.2) is 0 Å². The summed E-state index contributed by atoms with van der Waals surface area (Å²) in [6.07, 6.45) is -0.196. The second kappa shape index (κ2) is 4.96. The van der Waals surface area contributed by atoms with Crippen molar-refractivity contribution in [1.82, 2.24) is 0 Å². The largest absolute Gasteiger partial charge is 0.508 e. The Kier molecular flexibility index (Phi) is 2.95. The first-order chi connectivity index (χ1) is 11.6. The topological polar surface area (TPSA) is 74.8 Å². The Bertz CT molecular complexity index is 813. The summed E-state index contributed by atoms with van der Waals surface area (Å²) in [4.78, 5) is 0. The zero-order valence-electron chi connectivity index (χ0n) is 13.2. The van der Waals surface area contributed by atoms with Gasteiger partial charge in [0.05, 0.1) is 13.2 Å². The molecule has 4 unspecified atom stereocenters.